The minimum atomic E-state index is 0.0137. The van der Waals surface area contributed by atoms with Crippen molar-refractivity contribution in [1.29, 1.82) is 0 Å². The molecule has 0 aliphatic carbocycles. The van der Waals surface area contributed by atoms with Gasteiger partial charge in [-0.1, -0.05) is 36.2 Å². The van der Waals surface area contributed by atoms with Crippen molar-refractivity contribution in [2.45, 2.75) is 32.7 Å². The summed E-state index contributed by atoms with van der Waals surface area (Å²) in [5, 5.41) is 8.24. The molecule has 0 spiro atoms. The van der Waals surface area contributed by atoms with E-state index in [1.54, 1.807) is 23.0 Å². The molecule has 2 atom stereocenters. The van der Waals surface area contributed by atoms with Crippen LogP contribution < -0.4 is 5.32 Å². The molecule has 0 saturated carbocycles. The molecule has 1 aliphatic rings. The van der Waals surface area contributed by atoms with Crippen LogP contribution in [-0.4, -0.2) is 44.7 Å². The lowest BCUT2D eigenvalue weighted by Gasteiger charge is -2.40. The Morgan fingerprint density at radius 1 is 1.24 bits per heavy atom. The van der Waals surface area contributed by atoms with Crippen molar-refractivity contribution in [3.8, 4) is 11.3 Å². The van der Waals surface area contributed by atoms with Crippen LogP contribution in [0.4, 0.5) is 6.01 Å². The fourth-order valence-corrected chi connectivity index (χ4v) is 5.00. The van der Waals surface area contributed by atoms with Crippen LogP contribution in [0.2, 0.25) is 5.02 Å². The van der Waals surface area contributed by atoms with Gasteiger partial charge in [-0.2, -0.15) is 10.1 Å². The highest BCUT2D eigenvalue weighted by atomic mass is 35.5. The zero-order valence-electron chi connectivity index (χ0n) is 19.6. The van der Waals surface area contributed by atoms with E-state index in [2.05, 4.69) is 22.3 Å². The van der Waals surface area contributed by atoms with Gasteiger partial charge in [-0.3, -0.25) is 9.48 Å². The van der Waals surface area contributed by atoms with E-state index >= 15 is 0 Å². The van der Waals surface area contributed by atoms with Gasteiger partial charge in [-0.15, -0.1) is 0 Å². The Kier molecular flexibility index (Phi) is 6.04. The number of nitrogens with zero attached hydrogens (tertiary/aromatic N) is 4. The number of benzene rings is 2. The molecule has 0 radical (unpaired) electrons. The number of fused-ring (bicyclic) bond motifs is 1. The molecule has 7 nitrogen and oxygen atoms in total. The smallest absolute Gasteiger partial charge is 0.295 e. The Morgan fingerprint density at radius 3 is 2.88 bits per heavy atom. The van der Waals surface area contributed by atoms with E-state index in [4.69, 9.17) is 16.0 Å². The number of oxazole rings is 1. The number of hydrogen-bond acceptors (Lipinski definition) is 5. The standard InChI is InChI=1S/C26H28ClN5O2/c1-16-6-8-19(22-10-11-29-31(22)3)20(13-16)25(33)32-12-4-5-17(2)23(32)15-28-26-30-21-14-18(27)7-9-24(21)34-26/h6-11,13-14,17,23H,4-5,12,15H2,1-3H3,(H,28,30). The first-order valence-corrected chi connectivity index (χ1v) is 12.0. The van der Waals surface area contributed by atoms with E-state index in [1.165, 1.54) is 0 Å². The van der Waals surface area contributed by atoms with Crippen LogP contribution in [0.25, 0.3) is 22.4 Å². The lowest BCUT2D eigenvalue weighted by atomic mass is 9.89. The molecule has 34 heavy (non-hydrogen) atoms. The maximum Gasteiger partial charge on any atom is 0.295 e. The Balaban J connectivity index is 1.42. The van der Waals surface area contributed by atoms with Gasteiger partial charge in [0.25, 0.3) is 11.9 Å². The Bertz CT molecular complexity index is 1340. The summed E-state index contributed by atoms with van der Waals surface area (Å²) >= 11 is 6.08. The summed E-state index contributed by atoms with van der Waals surface area (Å²) in [5.41, 5.74) is 4.97. The molecule has 2 aromatic carbocycles. The first-order chi connectivity index (χ1) is 16.4. The highest BCUT2D eigenvalue weighted by Gasteiger charge is 2.33. The van der Waals surface area contributed by atoms with Gasteiger partial charge in [0.1, 0.15) is 5.52 Å². The number of nitrogens with one attached hydrogen (secondary N) is 1. The SMILES string of the molecule is Cc1ccc(-c2ccnn2C)c(C(=O)N2CCCC(C)C2CNc2nc3cc(Cl)ccc3o2)c1. The summed E-state index contributed by atoms with van der Waals surface area (Å²) in [7, 11) is 1.90. The van der Waals surface area contributed by atoms with E-state index in [-0.39, 0.29) is 11.9 Å². The van der Waals surface area contributed by atoms with Gasteiger partial charge < -0.3 is 14.6 Å². The molecule has 3 heterocycles. The molecule has 0 bridgehead atoms. The molecule has 8 heteroatoms. The molecule has 176 valence electrons. The number of likely N-dealkylation sites (tertiary alicyclic amines) is 1. The number of rotatable bonds is 5. The van der Waals surface area contributed by atoms with Crippen LogP contribution >= 0.6 is 11.6 Å². The number of aryl methyl sites for hydroxylation is 2. The predicted molar refractivity (Wildman–Crippen MR) is 134 cm³/mol. The van der Waals surface area contributed by atoms with E-state index in [9.17, 15) is 4.79 Å². The van der Waals surface area contributed by atoms with Crippen molar-refractivity contribution in [2.75, 3.05) is 18.4 Å². The van der Waals surface area contributed by atoms with Crippen molar-refractivity contribution >= 4 is 34.6 Å². The van der Waals surface area contributed by atoms with Gasteiger partial charge in [-0.05, 0) is 56.0 Å². The topological polar surface area (TPSA) is 76.2 Å². The molecular formula is C26H28ClN5O2. The fourth-order valence-electron chi connectivity index (χ4n) is 4.83. The second kappa shape index (κ2) is 9.14. The third-order valence-corrected chi connectivity index (χ3v) is 6.93. The third kappa shape index (κ3) is 4.28. The quantitative estimate of drug-likeness (QED) is 0.408. The van der Waals surface area contributed by atoms with Gasteiger partial charge in [-0.25, -0.2) is 0 Å². The second-order valence-corrected chi connectivity index (χ2v) is 9.52. The molecule has 1 N–H and O–H groups in total. The average Bonchev–Trinajstić information content (AvgIpc) is 3.42. The molecule has 4 aromatic rings. The summed E-state index contributed by atoms with van der Waals surface area (Å²) < 4.78 is 7.64. The van der Waals surface area contributed by atoms with Gasteiger partial charge in [0.05, 0.1) is 11.7 Å². The fraction of sp³-hybridized carbons (Fsp3) is 0.346. The minimum absolute atomic E-state index is 0.0137. The number of carbonyl (C=O) groups is 1. The minimum Gasteiger partial charge on any atom is -0.424 e. The van der Waals surface area contributed by atoms with Crippen molar-refractivity contribution in [1.82, 2.24) is 19.7 Å². The van der Waals surface area contributed by atoms with Crippen molar-refractivity contribution in [3.63, 3.8) is 0 Å². The molecule has 5 rings (SSSR count). The Hall–Kier alpha value is -3.32. The van der Waals surface area contributed by atoms with Crippen LogP contribution in [0, 0.1) is 12.8 Å². The number of anilines is 1. The van der Waals surface area contributed by atoms with Crippen LogP contribution in [0.15, 0.2) is 53.1 Å². The summed E-state index contributed by atoms with van der Waals surface area (Å²) in [6, 6.07) is 13.8. The molecule has 1 fully saturated rings. The van der Waals surface area contributed by atoms with Crippen LogP contribution in [-0.2, 0) is 7.05 Å². The van der Waals surface area contributed by atoms with E-state index in [0.717, 1.165) is 36.2 Å². The lowest BCUT2D eigenvalue weighted by Crippen LogP contribution is -2.51. The first kappa shape index (κ1) is 22.5. The monoisotopic (exact) mass is 477 g/mol. The Labute approximate surface area is 203 Å². The van der Waals surface area contributed by atoms with Gasteiger partial charge in [0.2, 0.25) is 0 Å². The molecule has 1 saturated heterocycles. The summed E-state index contributed by atoms with van der Waals surface area (Å²) in [6.07, 6.45) is 3.81. The van der Waals surface area contributed by atoms with Crippen molar-refractivity contribution in [3.05, 3.63) is 64.8 Å². The number of amides is 1. The van der Waals surface area contributed by atoms with Crippen molar-refractivity contribution < 1.29 is 9.21 Å². The van der Waals surface area contributed by atoms with Crippen LogP contribution in [0.5, 0.6) is 0 Å². The zero-order chi connectivity index (χ0) is 23.8. The number of hydrogen-bond donors (Lipinski definition) is 1. The largest absolute Gasteiger partial charge is 0.424 e. The third-order valence-electron chi connectivity index (χ3n) is 6.69. The molecular weight excluding hydrogens is 450 g/mol. The van der Waals surface area contributed by atoms with Gasteiger partial charge in [0.15, 0.2) is 5.58 Å². The number of halogens is 1. The number of piperidine rings is 1. The average molecular weight is 478 g/mol. The lowest BCUT2D eigenvalue weighted by molar-refractivity contribution is 0.0540. The van der Waals surface area contributed by atoms with Crippen LogP contribution in [0.3, 0.4) is 0 Å². The molecule has 1 amide bonds. The molecule has 2 unspecified atom stereocenters. The number of aromatic nitrogens is 3. The zero-order valence-corrected chi connectivity index (χ0v) is 20.3. The van der Waals surface area contributed by atoms with E-state index < -0.39 is 0 Å². The highest BCUT2D eigenvalue weighted by Crippen LogP contribution is 2.30. The first-order valence-electron chi connectivity index (χ1n) is 11.6. The second-order valence-electron chi connectivity index (χ2n) is 9.09. The Morgan fingerprint density at radius 2 is 2.09 bits per heavy atom. The summed E-state index contributed by atoms with van der Waals surface area (Å²) in [6.45, 7) is 5.49. The molecule has 2 aromatic heterocycles. The maximum absolute atomic E-state index is 13.9. The normalized spacial score (nSPS) is 18.4. The summed E-state index contributed by atoms with van der Waals surface area (Å²) in [4.78, 5) is 20.5. The number of carbonyl (C=O) groups excluding carboxylic acids is 1. The summed E-state index contributed by atoms with van der Waals surface area (Å²) in [5.74, 6) is 0.386. The predicted octanol–water partition coefficient (Wildman–Crippen LogP) is 5.54. The van der Waals surface area contributed by atoms with Gasteiger partial charge in [0, 0.05) is 42.5 Å². The van der Waals surface area contributed by atoms with Gasteiger partial charge >= 0.3 is 0 Å². The van der Waals surface area contributed by atoms with E-state index in [0.29, 0.717) is 40.2 Å². The highest BCUT2D eigenvalue weighted by molar-refractivity contribution is 6.31. The van der Waals surface area contributed by atoms with Crippen molar-refractivity contribution in [2.24, 2.45) is 13.0 Å². The molecule has 1 aliphatic heterocycles. The maximum atomic E-state index is 13.9. The van der Waals surface area contributed by atoms with Crippen LogP contribution in [0.1, 0.15) is 35.7 Å². The van der Waals surface area contributed by atoms with E-state index in [1.807, 2.05) is 49.2 Å².